The van der Waals surface area contributed by atoms with Gasteiger partial charge in [-0.25, -0.2) is 4.39 Å². The van der Waals surface area contributed by atoms with Gasteiger partial charge in [-0.05, 0) is 34.7 Å². The first-order chi connectivity index (χ1) is 6.33. The van der Waals surface area contributed by atoms with Crippen LogP contribution in [0, 0.1) is 0 Å². The third-order valence-corrected chi connectivity index (χ3v) is 2.17. The van der Waals surface area contributed by atoms with Crippen LogP contribution in [0.2, 0.25) is 0 Å². The molecular weight excluding hydrogens is 331 g/mol. The van der Waals surface area contributed by atoms with E-state index in [4.69, 9.17) is 11.6 Å². The highest BCUT2D eigenvalue weighted by Gasteiger charge is 2.55. The monoisotopic (exact) mass is 336 g/mol. The molecule has 1 nitrogen and oxygen atoms in total. The zero-order chi connectivity index (χ0) is 10.8. The van der Waals surface area contributed by atoms with Crippen molar-refractivity contribution in [2.45, 2.75) is 9.24 Å². The second kappa shape index (κ2) is 4.14. The minimum atomic E-state index is -4.07. The minimum absolute atomic E-state index is 0.142. The van der Waals surface area contributed by atoms with Gasteiger partial charge in [-0.2, -0.15) is 8.78 Å². The zero-order valence-corrected chi connectivity index (χ0v) is 9.60. The summed E-state index contributed by atoms with van der Waals surface area (Å²) in [5.41, 5.74) is 0. The van der Waals surface area contributed by atoms with E-state index in [9.17, 15) is 13.2 Å². The lowest BCUT2D eigenvalue weighted by atomic mass is 10.3. The van der Waals surface area contributed by atoms with Crippen LogP contribution in [-0.2, 0) is 0 Å². The summed E-state index contributed by atoms with van der Waals surface area (Å²) >= 11 is 5.59. The average Bonchev–Trinajstić information content (AvgIpc) is 2.03. The van der Waals surface area contributed by atoms with Crippen LogP contribution >= 0.6 is 34.2 Å². The summed E-state index contributed by atoms with van der Waals surface area (Å²) in [5.74, 6) is -0.142. The topological polar surface area (TPSA) is 9.23 Å². The van der Waals surface area contributed by atoms with E-state index in [-0.39, 0.29) is 5.75 Å². The van der Waals surface area contributed by atoms with Crippen molar-refractivity contribution >= 4 is 34.2 Å². The SMILES string of the molecule is FC(Cl)(I)C(F)(F)Oc1ccccc1. The fraction of sp³-hybridized carbons (Fsp3) is 0.250. The van der Waals surface area contributed by atoms with Crippen LogP contribution in [0.3, 0.4) is 0 Å². The molecule has 0 saturated heterocycles. The second-order valence-electron chi connectivity index (χ2n) is 2.43. The smallest absolute Gasteiger partial charge is 0.429 e. The number of hydrogen-bond acceptors (Lipinski definition) is 1. The summed E-state index contributed by atoms with van der Waals surface area (Å²) < 4.78 is 39.3. The molecule has 1 aromatic rings. The molecule has 1 aromatic carbocycles. The Balaban J connectivity index is 2.79. The molecular formula is C8H5ClF3IO. The van der Waals surface area contributed by atoms with Gasteiger partial charge >= 0.3 is 9.24 Å². The maximum Gasteiger partial charge on any atom is 0.457 e. The molecule has 0 saturated carbocycles. The normalized spacial score (nSPS) is 16.1. The lowest BCUT2D eigenvalue weighted by Crippen LogP contribution is -2.39. The molecule has 1 unspecified atom stereocenters. The number of alkyl halides is 5. The first-order valence-electron chi connectivity index (χ1n) is 3.51. The first-order valence-corrected chi connectivity index (χ1v) is 4.97. The molecule has 0 aliphatic carbocycles. The Bertz CT molecular complexity index is 299. The fourth-order valence-corrected chi connectivity index (χ4v) is 0.843. The number of halogens is 5. The standard InChI is InChI=1S/C8H5ClF3IO/c9-7(10,13)8(11,12)14-6-4-2-1-3-5-6/h1-5H. The van der Waals surface area contributed by atoms with Crippen molar-refractivity contribution in [2.75, 3.05) is 0 Å². The van der Waals surface area contributed by atoms with Crippen molar-refractivity contribution in [1.82, 2.24) is 0 Å². The fourth-order valence-electron chi connectivity index (χ4n) is 0.694. The predicted molar refractivity (Wildman–Crippen MR) is 55.7 cm³/mol. The Kier molecular flexibility index (Phi) is 3.52. The quantitative estimate of drug-likeness (QED) is 0.600. The minimum Gasteiger partial charge on any atom is -0.429 e. The summed E-state index contributed by atoms with van der Waals surface area (Å²) in [4.78, 5) is 0. The predicted octanol–water partition coefficient (Wildman–Crippen LogP) is 3.96. The molecule has 0 N–H and O–H groups in total. The molecule has 0 bridgehead atoms. The molecule has 78 valence electrons. The van der Waals surface area contributed by atoms with E-state index in [1.54, 1.807) is 6.07 Å². The highest BCUT2D eigenvalue weighted by atomic mass is 127. The van der Waals surface area contributed by atoms with Crippen LogP contribution in [0.15, 0.2) is 30.3 Å². The molecule has 0 aliphatic rings. The molecule has 0 radical (unpaired) electrons. The van der Waals surface area contributed by atoms with Gasteiger partial charge < -0.3 is 4.74 Å². The van der Waals surface area contributed by atoms with E-state index >= 15 is 0 Å². The van der Waals surface area contributed by atoms with Gasteiger partial charge in [0, 0.05) is 0 Å². The van der Waals surface area contributed by atoms with Crippen LogP contribution in [0.25, 0.3) is 0 Å². The van der Waals surface area contributed by atoms with Crippen LogP contribution in [0.1, 0.15) is 0 Å². The van der Waals surface area contributed by atoms with Crippen LogP contribution in [0.4, 0.5) is 13.2 Å². The largest absolute Gasteiger partial charge is 0.457 e. The number of benzene rings is 1. The lowest BCUT2D eigenvalue weighted by molar-refractivity contribution is -0.204. The zero-order valence-electron chi connectivity index (χ0n) is 6.68. The summed E-state index contributed by atoms with van der Waals surface area (Å²) in [6.07, 6.45) is -4.07. The highest BCUT2D eigenvalue weighted by molar-refractivity contribution is 14.1. The van der Waals surface area contributed by atoms with E-state index in [0.717, 1.165) is 22.6 Å². The van der Waals surface area contributed by atoms with Crippen molar-refractivity contribution in [3.63, 3.8) is 0 Å². The third-order valence-electron chi connectivity index (χ3n) is 1.32. The Morgan fingerprint density at radius 2 is 1.64 bits per heavy atom. The molecule has 0 aliphatic heterocycles. The Morgan fingerprint density at radius 3 is 2.07 bits per heavy atom. The molecule has 1 rings (SSSR count). The molecule has 0 heterocycles. The van der Waals surface area contributed by atoms with Crippen LogP contribution in [0.5, 0.6) is 5.75 Å². The Labute approximate surface area is 97.3 Å². The van der Waals surface area contributed by atoms with E-state index in [2.05, 4.69) is 4.74 Å². The van der Waals surface area contributed by atoms with E-state index in [1.807, 2.05) is 0 Å². The summed E-state index contributed by atoms with van der Waals surface area (Å²) in [6.45, 7) is 0. The van der Waals surface area contributed by atoms with Gasteiger partial charge in [0.1, 0.15) is 5.75 Å². The van der Waals surface area contributed by atoms with Gasteiger partial charge in [-0.1, -0.05) is 29.8 Å². The molecule has 0 aromatic heterocycles. The van der Waals surface area contributed by atoms with E-state index in [1.165, 1.54) is 24.3 Å². The van der Waals surface area contributed by atoms with Crippen molar-refractivity contribution in [3.8, 4) is 5.75 Å². The van der Waals surface area contributed by atoms with Crippen molar-refractivity contribution in [3.05, 3.63) is 30.3 Å². The maximum absolute atomic E-state index is 12.9. The summed E-state index contributed by atoms with van der Waals surface area (Å²) in [6, 6.07) is 7.18. The van der Waals surface area contributed by atoms with E-state index < -0.39 is 9.24 Å². The molecule has 0 fully saturated rings. The molecule has 6 heteroatoms. The second-order valence-corrected chi connectivity index (χ2v) is 5.07. The van der Waals surface area contributed by atoms with Crippen LogP contribution < -0.4 is 4.74 Å². The Morgan fingerprint density at radius 1 is 1.14 bits per heavy atom. The molecule has 0 spiro atoms. The van der Waals surface area contributed by atoms with Crippen molar-refractivity contribution < 1.29 is 17.9 Å². The van der Waals surface area contributed by atoms with Crippen molar-refractivity contribution in [1.29, 1.82) is 0 Å². The highest BCUT2D eigenvalue weighted by Crippen LogP contribution is 2.43. The molecule has 1 atom stereocenters. The van der Waals surface area contributed by atoms with Gasteiger partial charge in [-0.3, -0.25) is 0 Å². The number of hydrogen-bond donors (Lipinski definition) is 0. The van der Waals surface area contributed by atoms with Gasteiger partial charge in [-0.15, -0.1) is 0 Å². The van der Waals surface area contributed by atoms with Gasteiger partial charge in [0.05, 0.1) is 0 Å². The van der Waals surface area contributed by atoms with Gasteiger partial charge in [0.2, 0.25) is 0 Å². The Hall–Kier alpha value is -0.170. The first kappa shape index (κ1) is 11.9. The summed E-state index contributed by atoms with van der Waals surface area (Å²) in [5, 5.41) is 0. The molecule has 0 amide bonds. The lowest BCUT2D eigenvalue weighted by Gasteiger charge is -2.23. The maximum atomic E-state index is 12.9. The van der Waals surface area contributed by atoms with E-state index in [0.29, 0.717) is 0 Å². The molecule has 14 heavy (non-hydrogen) atoms. The van der Waals surface area contributed by atoms with Crippen LogP contribution in [-0.4, -0.2) is 9.24 Å². The van der Waals surface area contributed by atoms with Gasteiger partial charge in [0.25, 0.3) is 0 Å². The van der Waals surface area contributed by atoms with Gasteiger partial charge in [0.15, 0.2) is 0 Å². The number of ether oxygens (including phenoxy) is 1. The third kappa shape index (κ3) is 2.91. The summed E-state index contributed by atoms with van der Waals surface area (Å²) in [7, 11) is 0. The number of para-hydroxylation sites is 1. The van der Waals surface area contributed by atoms with Crippen molar-refractivity contribution in [2.24, 2.45) is 0 Å². The number of rotatable bonds is 3. The average molecular weight is 336 g/mol.